The van der Waals surface area contributed by atoms with Gasteiger partial charge in [0.1, 0.15) is 11.4 Å². The molecule has 7 nitrogen and oxygen atoms in total. The molecule has 4 rings (SSSR count). The van der Waals surface area contributed by atoms with Gasteiger partial charge in [-0.15, -0.1) is 0 Å². The molecule has 1 aliphatic heterocycles. The highest BCUT2D eigenvalue weighted by molar-refractivity contribution is 6.30. The van der Waals surface area contributed by atoms with E-state index in [0.717, 1.165) is 16.9 Å². The number of nitrogens with zero attached hydrogens (tertiary/aromatic N) is 3. The number of para-hydroxylation sites is 1. The van der Waals surface area contributed by atoms with Gasteiger partial charge in [0.05, 0.1) is 17.8 Å². The van der Waals surface area contributed by atoms with Crippen LogP contribution in [0.1, 0.15) is 36.4 Å². The molecule has 2 amide bonds. The molecule has 1 unspecified atom stereocenters. The maximum Gasteiger partial charge on any atom is 0.223 e. The number of rotatable bonds is 6. The van der Waals surface area contributed by atoms with E-state index in [2.05, 4.69) is 4.98 Å². The summed E-state index contributed by atoms with van der Waals surface area (Å²) in [6, 6.07) is 11.3. The monoisotopic (exact) mass is 440 g/mol. The van der Waals surface area contributed by atoms with E-state index in [4.69, 9.17) is 22.1 Å². The zero-order valence-electron chi connectivity index (χ0n) is 17.3. The van der Waals surface area contributed by atoms with E-state index in [0.29, 0.717) is 36.7 Å². The second-order valence-corrected chi connectivity index (χ2v) is 8.25. The molecule has 0 bridgehead atoms. The first-order chi connectivity index (χ1) is 15.0. The van der Waals surface area contributed by atoms with Crippen molar-refractivity contribution in [2.24, 2.45) is 11.7 Å². The number of nitrogens with two attached hydrogens (primary N) is 1. The molecule has 0 saturated carbocycles. The third-order valence-electron chi connectivity index (χ3n) is 6.00. The summed E-state index contributed by atoms with van der Waals surface area (Å²) in [6.45, 7) is 1.06. The van der Waals surface area contributed by atoms with Crippen LogP contribution < -0.4 is 10.5 Å². The number of fused-ring (bicyclic) bond motifs is 1. The van der Waals surface area contributed by atoms with Gasteiger partial charge >= 0.3 is 0 Å². The van der Waals surface area contributed by atoms with E-state index >= 15 is 0 Å². The van der Waals surface area contributed by atoms with Gasteiger partial charge in [-0.3, -0.25) is 9.59 Å². The van der Waals surface area contributed by atoms with Crippen LogP contribution in [0.15, 0.2) is 48.8 Å². The second kappa shape index (κ2) is 8.98. The predicted molar refractivity (Wildman–Crippen MR) is 118 cm³/mol. The number of likely N-dealkylation sites (tertiary alicyclic amines) is 1. The van der Waals surface area contributed by atoms with Crippen molar-refractivity contribution in [2.75, 3.05) is 20.2 Å². The van der Waals surface area contributed by atoms with Gasteiger partial charge in [0.15, 0.2) is 0 Å². The molecule has 8 heteroatoms. The van der Waals surface area contributed by atoms with Crippen LogP contribution in [0.25, 0.3) is 5.65 Å². The van der Waals surface area contributed by atoms with Crippen LogP contribution in [0.3, 0.4) is 0 Å². The number of hydrogen-bond donors (Lipinski definition) is 1. The Hall–Kier alpha value is -3.06. The lowest BCUT2D eigenvalue weighted by Crippen LogP contribution is -2.42. The third-order valence-corrected chi connectivity index (χ3v) is 6.22. The summed E-state index contributed by atoms with van der Waals surface area (Å²) in [5.74, 6) is 0.0167. The highest BCUT2D eigenvalue weighted by Crippen LogP contribution is 2.36. The first-order valence-corrected chi connectivity index (χ1v) is 10.7. The third kappa shape index (κ3) is 4.37. The summed E-state index contributed by atoms with van der Waals surface area (Å²) in [4.78, 5) is 31.0. The number of imidazole rings is 1. The summed E-state index contributed by atoms with van der Waals surface area (Å²) in [5.41, 5.74) is 7.96. The van der Waals surface area contributed by atoms with Crippen molar-refractivity contribution in [2.45, 2.75) is 25.2 Å². The number of hydrogen-bond acceptors (Lipinski definition) is 4. The summed E-state index contributed by atoms with van der Waals surface area (Å²) in [5, 5.41) is 0.588. The number of amides is 2. The van der Waals surface area contributed by atoms with Crippen molar-refractivity contribution in [3.63, 3.8) is 0 Å². The number of benzene rings is 1. The maximum atomic E-state index is 13.3. The standard InChI is InChI=1S/C23H25ClN4O3/c1-31-20-5-3-2-4-17(20)18(19-13-26-21-7-6-16(24)14-28(19)21)12-22(29)27-10-8-15(9-11-27)23(25)30/h2-7,13-15,18H,8-12H2,1H3,(H2,25,30). The van der Waals surface area contributed by atoms with Crippen molar-refractivity contribution in [1.29, 1.82) is 0 Å². The van der Waals surface area contributed by atoms with E-state index in [1.54, 1.807) is 19.4 Å². The molecule has 1 atom stereocenters. The number of ether oxygens (including phenoxy) is 1. The Kier molecular flexibility index (Phi) is 6.13. The normalized spacial score (nSPS) is 15.7. The topological polar surface area (TPSA) is 89.9 Å². The highest BCUT2D eigenvalue weighted by atomic mass is 35.5. The molecule has 162 valence electrons. The summed E-state index contributed by atoms with van der Waals surface area (Å²) in [7, 11) is 1.62. The molecule has 1 aliphatic rings. The fraction of sp³-hybridized carbons (Fsp3) is 0.348. The molecular formula is C23H25ClN4O3. The highest BCUT2D eigenvalue weighted by Gasteiger charge is 2.30. The number of pyridine rings is 1. The lowest BCUT2D eigenvalue weighted by atomic mass is 9.90. The van der Waals surface area contributed by atoms with E-state index in [9.17, 15) is 9.59 Å². The van der Waals surface area contributed by atoms with Crippen molar-refractivity contribution >= 4 is 29.1 Å². The fourth-order valence-corrected chi connectivity index (χ4v) is 4.44. The zero-order chi connectivity index (χ0) is 22.0. The molecule has 0 aliphatic carbocycles. The van der Waals surface area contributed by atoms with Gasteiger partial charge in [0, 0.05) is 49.3 Å². The Labute approximate surface area is 185 Å². The molecule has 3 aromatic rings. The van der Waals surface area contributed by atoms with Crippen LogP contribution in [-0.4, -0.2) is 46.3 Å². The predicted octanol–water partition coefficient (Wildman–Crippen LogP) is 3.24. The number of carbonyl (C=O) groups is 2. The number of carbonyl (C=O) groups excluding carboxylic acids is 2. The molecule has 0 radical (unpaired) electrons. The Morgan fingerprint density at radius 1 is 1.23 bits per heavy atom. The largest absolute Gasteiger partial charge is 0.496 e. The van der Waals surface area contributed by atoms with E-state index in [1.165, 1.54) is 0 Å². The first kappa shape index (κ1) is 21.2. The minimum Gasteiger partial charge on any atom is -0.496 e. The van der Waals surface area contributed by atoms with Gasteiger partial charge < -0.3 is 19.8 Å². The molecule has 2 aromatic heterocycles. The van der Waals surface area contributed by atoms with Gasteiger partial charge in [-0.05, 0) is 31.0 Å². The minimum absolute atomic E-state index is 0.0239. The summed E-state index contributed by atoms with van der Waals surface area (Å²) in [6.07, 6.45) is 5.05. The Bertz CT molecular complexity index is 1110. The average molecular weight is 441 g/mol. The van der Waals surface area contributed by atoms with Crippen LogP contribution in [0.4, 0.5) is 0 Å². The van der Waals surface area contributed by atoms with E-state index in [1.807, 2.05) is 45.8 Å². The molecule has 2 N–H and O–H groups in total. The maximum absolute atomic E-state index is 13.3. The number of halogens is 1. The quantitative estimate of drug-likeness (QED) is 0.637. The van der Waals surface area contributed by atoms with Crippen LogP contribution >= 0.6 is 11.6 Å². The fourth-order valence-electron chi connectivity index (χ4n) is 4.28. The van der Waals surface area contributed by atoms with Crippen LogP contribution in [0.2, 0.25) is 5.02 Å². The van der Waals surface area contributed by atoms with E-state index in [-0.39, 0.29) is 30.1 Å². The zero-order valence-corrected chi connectivity index (χ0v) is 18.1. The van der Waals surface area contributed by atoms with Gasteiger partial charge in [-0.25, -0.2) is 4.98 Å². The average Bonchev–Trinajstić information content (AvgIpc) is 3.20. The number of methoxy groups -OCH3 is 1. The Balaban J connectivity index is 1.67. The molecule has 1 fully saturated rings. The Morgan fingerprint density at radius 2 is 1.97 bits per heavy atom. The van der Waals surface area contributed by atoms with Crippen LogP contribution in [0, 0.1) is 5.92 Å². The van der Waals surface area contributed by atoms with Crippen molar-refractivity contribution < 1.29 is 14.3 Å². The van der Waals surface area contributed by atoms with Crippen LogP contribution in [0.5, 0.6) is 5.75 Å². The lowest BCUT2D eigenvalue weighted by molar-refractivity contribution is -0.135. The molecule has 1 saturated heterocycles. The SMILES string of the molecule is COc1ccccc1C(CC(=O)N1CCC(C(N)=O)CC1)c1cnc2ccc(Cl)cn12. The number of aromatic nitrogens is 2. The smallest absolute Gasteiger partial charge is 0.223 e. The minimum atomic E-state index is -0.290. The number of primary amides is 1. The molecule has 3 heterocycles. The van der Waals surface area contributed by atoms with Crippen molar-refractivity contribution in [3.8, 4) is 5.75 Å². The number of piperidine rings is 1. The molecular weight excluding hydrogens is 416 g/mol. The van der Waals surface area contributed by atoms with Crippen LogP contribution in [-0.2, 0) is 9.59 Å². The molecule has 1 aromatic carbocycles. The van der Waals surface area contributed by atoms with Gasteiger partial charge in [-0.2, -0.15) is 0 Å². The van der Waals surface area contributed by atoms with Gasteiger partial charge in [0.25, 0.3) is 0 Å². The van der Waals surface area contributed by atoms with Gasteiger partial charge in [0.2, 0.25) is 11.8 Å². The van der Waals surface area contributed by atoms with Crippen molar-refractivity contribution in [1.82, 2.24) is 14.3 Å². The van der Waals surface area contributed by atoms with Gasteiger partial charge in [-0.1, -0.05) is 29.8 Å². The summed E-state index contributed by atoms with van der Waals surface area (Å²) < 4.78 is 7.52. The molecule has 31 heavy (non-hydrogen) atoms. The van der Waals surface area contributed by atoms with E-state index < -0.39 is 0 Å². The summed E-state index contributed by atoms with van der Waals surface area (Å²) >= 11 is 6.24. The Morgan fingerprint density at radius 3 is 2.68 bits per heavy atom. The lowest BCUT2D eigenvalue weighted by Gasteiger charge is -2.32. The van der Waals surface area contributed by atoms with Crippen molar-refractivity contribution in [3.05, 3.63) is 65.1 Å². The first-order valence-electron chi connectivity index (χ1n) is 10.3. The molecule has 0 spiro atoms. The second-order valence-electron chi connectivity index (χ2n) is 7.81.